The average molecular weight is 696 g/mol. The normalized spacial score (nSPS) is 12.1. The number of benzene rings is 1. The first-order valence-corrected chi connectivity index (χ1v) is 14.9. The molecule has 0 saturated heterocycles. The number of rotatable bonds is 7. The van der Waals surface area contributed by atoms with Gasteiger partial charge in [-0.2, -0.15) is 5.96 Å². The van der Waals surface area contributed by atoms with Crippen molar-refractivity contribution in [3.05, 3.63) is 50.4 Å². The molecule has 0 amide bonds. The molecule has 0 atom stereocenters. The van der Waals surface area contributed by atoms with Gasteiger partial charge in [-0.25, -0.2) is 22.0 Å². The van der Waals surface area contributed by atoms with Crippen LogP contribution in [0.15, 0.2) is 15.0 Å². The molecule has 0 aliphatic carbocycles. The number of hydrogen-bond acceptors (Lipinski definition) is 3. The smallest absolute Gasteiger partial charge is 0.550 e. The molecule has 0 bridgehead atoms. The summed E-state index contributed by atoms with van der Waals surface area (Å²) in [5.74, 6) is -9.03. The Morgan fingerprint density at radius 1 is 0.478 bits per heavy atom. The van der Waals surface area contributed by atoms with E-state index < -0.39 is 34.8 Å². The van der Waals surface area contributed by atoms with Crippen LogP contribution in [0.3, 0.4) is 0 Å². The van der Waals surface area contributed by atoms with Crippen molar-refractivity contribution >= 4 is 23.6 Å². The Morgan fingerprint density at radius 3 is 1.00 bits per heavy atom. The summed E-state index contributed by atoms with van der Waals surface area (Å²) in [6, 6.07) is 0.615. The molecule has 9 nitrogen and oxygen atoms in total. The van der Waals surface area contributed by atoms with Crippen molar-refractivity contribution in [2.24, 2.45) is 15.0 Å². The SMILES string of the molecule is CC(C)N=C([N-]C(C)C)N(C)C.CC(C)N=C([N-]C(C)C)N(C)C.CC(C)N=C([N-]c1c(F)c(F)c(F)c(F)c1F)[N-]C(C)C.[Ti+4]. The van der Waals surface area contributed by atoms with Crippen LogP contribution in [-0.4, -0.2) is 92.1 Å². The van der Waals surface area contributed by atoms with Gasteiger partial charge >= 0.3 is 21.7 Å². The summed E-state index contributed by atoms with van der Waals surface area (Å²) in [6.45, 7) is 23.1. The van der Waals surface area contributed by atoms with Crippen molar-refractivity contribution in [1.82, 2.24) is 9.80 Å². The Balaban J connectivity index is -0.000000639. The van der Waals surface area contributed by atoms with Crippen LogP contribution in [0.25, 0.3) is 21.3 Å². The zero-order chi connectivity index (χ0) is 35.8. The van der Waals surface area contributed by atoms with Crippen molar-refractivity contribution in [1.29, 1.82) is 0 Å². The predicted octanol–water partition coefficient (Wildman–Crippen LogP) is 9.12. The Morgan fingerprint density at radius 2 is 0.761 bits per heavy atom. The topological polar surface area (TPSA) is 100.0 Å². The molecular formula is C31H54F5N9Ti. The number of halogens is 5. The molecule has 1 rings (SSSR count). The zero-order valence-corrected chi connectivity index (χ0v) is 31.9. The Bertz CT molecular complexity index is 1040. The van der Waals surface area contributed by atoms with Crippen LogP contribution in [0.4, 0.5) is 27.6 Å². The molecule has 46 heavy (non-hydrogen) atoms. The number of nitrogens with zero attached hydrogens (tertiary/aromatic N) is 9. The molecule has 0 unspecified atom stereocenters. The number of aliphatic imine (C=N–C) groups is 3. The molecule has 0 spiro atoms. The molecule has 0 heterocycles. The van der Waals surface area contributed by atoms with E-state index in [1.54, 1.807) is 27.7 Å². The predicted molar refractivity (Wildman–Crippen MR) is 180 cm³/mol. The van der Waals surface area contributed by atoms with Crippen LogP contribution < -0.4 is 0 Å². The number of hydrogen-bond donors (Lipinski definition) is 0. The maximum Gasteiger partial charge on any atom is 4.00 e. The third kappa shape index (κ3) is 20.5. The molecule has 0 aliphatic heterocycles. The van der Waals surface area contributed by atoms with E-state index in [1.165, 1.54) is 0 Å². The fraction of sp³-hybridized carbons (Fsp3) is 0.710. The second kappa shape index (κ2) is 23.7. The Labute approximate surface area is 289 Å². The minimum atomic E-state index is -2.23. The largest absolute Gasteiger partial charge is 4.00 e. The quantitative estimate of drug-likeness (QED) is 0.0710. The summed E-state index contributed by atoms with van der Waals surface area (Å²) < 4.78 is 66.2. The van der Waals surface area contributed by atoms with Gasteiger partial charge in [-0.1, -0.05) is 95.2 Å². The summed E-state index contributed by atoms with van der Waals surface area (Å²) in [7, 11) is 7.86. The van der Waals surface area contributed by atoms with Gasteiger partial charge in [0.2, 0.25) is 0 Å². The van der Waals surface area contributed by atoms with Gasteiger partial charge in [0, 0.05) is 17.6 Å². The molecule has 1 aromatic carbocycles. The number of guanidine groups is 3. The Kier molecular flexibility index (Phi) is 24.6. The standard InChI is InChI=1S/C13H14F5N3.2C9H20N3.Ti/c1-5(2)19-13(20-6(3)4)21-12-10(17)8(15)7(14)9(16)11(12)18;2*1-7(2)10-9(12(5)6)11-8(3)4;/h5-6H,1-4H3;2*7-8H,1-6H3;/q-2;2*-1;+4. The van der Waals surface area contributed by atoms with E-state index in [0.717, 1.165) is 11.9 Å². The van der Waals surface area contributed by atoms with Crippen molar-refractivity contribution < 1.29 is 43.7 Å². The van der Waals surface area contributed by atoms with Crippen LogP contribution in [0.1, 0.15) is 83.1 Å². The summed E-state index contributed by atoms with van der Waals surface area (Å²) in [5, 5.41) is 16.1. The fourth-order valence-electron chi connectivity index (χ4n) is 2.80. The third-order valence-electron chi connectivity index (χ3n) is 4.44. The first-order valence-electron chi connectivity index (χ1n) is 14.9. The van der Waals surface area contributed by atoms with Crippen LogP contribution in [0.5, 0.6) is 0 Å². The first-order chi connectivity index (χ1) is 20.5. The van der Waals surface area contributed by atoms with Gasteiger partial charge in [-0.3, -0.25) is 0 Å². The second-order valence-corrected chi connectivity index (χ2v) is 12.1. The molecule has 1 aromatic rings. The molecule has 0 N–H and O–H groups in total. The van der Waals surface area contributed by atoms with Gasteiger partial charge in [0.05, 0.1) is 0 Å². The van der Waals surface area contributed by atoms with E-state index in [9.17, 15) is 22.0 Å². The summed E-state index contributed by atoms with van der Waals surface area (Å²) in [6.07, 6.45) is 0. The van der Waals surface area contributed by atoms with Crippen LogP contribution in [-0.2, 0) is 21.7 Å². The second-order valence-electron chi connectivity index (χ2n) is 12.1. The zero-order valence-electron chi connectivity index (χ0n) is 30.4. The van der Waals surface area contributed by atoms with Gasteiger partial charge in [0.25, 0.3) is 0 Å². The third-order valence-corrected chi connectivity index (χ3v) is 4.44. The maximum absolute atomic E-state index is 13.5. The van der Waals surface area contributed by atoms with E-state index in [0.29, 0.717) is 24.2 Å². The molecule has 0 aliphatic rings. The average Bonchev–Trinajstić information content (AvgIpc) is 2.87. The maximum atomic E-state index is 13.5. The van der Waals surface area contributed by atoms with E-state index >= 15 is 0 Å². The van der Waals surface area contributed by atoms with Crippen molar-refractivity contribution in [2.75, 3.05) is 28.2 Å². The van der Waals surface area contributed by atoms with Crippen molar-refractivity contribution in [3.8, 4) is 0 Å². The Hall–Kier alpha value is -2.61. The molecule has 0 fully saturated rings. The fourth-order valence-corrected chi connectivity index (χ4v) is 2.80. The molecule has 262 valence electrons. The van der Waals surface area contributed by atoms with E-state index in [4.69, 9.17) is 0 Å². The monoisotopic (exact) mass is 695 g/mol. The van der Waals surface area contributed by atoms with Crippen molar-refractivity contribution in [2.45, 2.75) is 119 Å². The van der Waals surface area contributed by atoms with Crippen LogP contribution in [0, 0.1) is 29.1 Å². The van der Waals surface area contributed by atoms with E-state index in [1.807, 2.05) is 38.0 Å². The summed E-state index contributed by atoms with van der Waals surface area (Å²) >= 11 is 0. The van der Waals surface area contributed by atoms with Gasteiger partial charge in [0.1, 0.15) is 0 Å². The minimum absolute atomic E-state index is 0. The summed E-state index contributed by atoms with van der Waals surface area (Å²) in [5.41, 5.74) is -1.30. The molecule has 0 saturated carbocycles. The minimum Gasteiger partial charge on any atom is -0.550 e. The van der Waals surface area contributed by atoms with Gasteiger partial charge < -0.3 is 46.0 Å². The first kappa shape index (κ1) is 47.8. The van der Waals surface area contributed by atoms with Crippen molar-refractivity contribution in [3.63, 3.8) is 0 Å². The molecular weight excluding hydrogens is 641 g/mol. The van der Waals surface area contributed by atoms with E-state index in [-0.39, 0.29) is 39.8 Å². The summed E-state index contributed by atoms with van der Waals surface area (Å²) in [4.78, 5) is 16.6. The van der Waals surface area contributed by atoms with Gasteiger partial charge in [0.15, 0.2) is 29.1 Å². The molecule has 0 aromatic heterocycles. The van der Waals surface area contributed by atoms with Crippen LogP contribution >= 0.6 is 0 Å². The molecule has 0 radical (unpaired) electrons. The van der Waals surface area contributed by atoms with E-state index in [2.05, 4.69) is 91.6 Å². The van der Waals surface area contributed by atoms with Crippen LogP contribution in [0.2, 0.25) is 0 Å². The molecule has 15 heteroatoms. The van der Waals surface area contributed by atoms with Gasteiger partial charge in [-0.05, 0) is 52.4 Å². The van der Waals surface area contributed by atoms with Gasteiger partial charge in [-0.15, -0.1) is 0 Å².